The van der Waals surface area contributed by atoms with Crippen molar-refractivity contribution in [2.24, 2.45) is 5.73 Å². The fraction of sp³-hybridized carbons (Fsp3) is 0.150. The lowest BCUT2D eigenvalue weighted by atomic mass is 10.1. The number of nitrogens with one attached hydrogen (secondary N) is 1. The van der Waals surface area contributed by atoms with Crippen molar-refractivity contribution >= 4 is 50.8 Å². The molecule has 2 aromatic carbocycles. The zero-order valence-electron chi connectivity index (χ0n) is 14.9. The molecule has 2 aromatic rings. The first-order chi connectivity index (χ1) is 12.8. The summed E-state index contributed by atoms with van der Waals surface area (Å²) < 4.78 is 6.32. The molecule has 0 radical (unpaired) electrons. The fourth-order valence-electron chi connectivity index (χ4n) is 2.20. The molecule has 2 rings (SSSR count). The van der Waals surface area contributed by atoms with E-state index in [0.29, 0.717) is 11.4 Å². The smallest absolute Gasteiger partial charge is 0.262 e. The van der Waals surface area contributed by atoms with E-state index in [1.165, 1.54) is 0 Å². The SMILES string of the molecule is Cc1cc(Br)c(NC(=O)COc2ccc(/C=C(\C#N)C(N)=S)cc2)cc1C. The Labute approximate surface area is 172 Å². The molecule has 0 saturated carbocycles. The third-order valence-corrected chi connectivity index (χ3v) is 4.68. The maximum Gasteiger partial charge on any atom is 0.262 e. The Morgan fingerprint density at radius 3 is 2.52 bits per heavy atom. The third-order valence-electron chi connectivity index (χ3n) is 3.80. The quantitative estimate of drug-likeness (QED) is 0.395. The highest BCUT2D eigenvalue weighted by Gasteiger charge is 2.08. The third kappa shape index (κ3) is 5.91. The van der Waals surface area contributed by atoms with Crippen LogP contribution in [0, 0.1) is 25.2 Å². The van der Waals surface area contributed by atoms with Gasteiger partial charge in [0, 0.05) is 4.47 Å². The van der Waals surface area contributed by atoms with Crippen LogP contribution in [0.1, 0.15) is 16.7 Å². The molecular weight excluding hydrogens is 426 g/mol. The number of anilines is 1. The maximum absolute atomic E-state index is 12.1. The number of rotatable bonds is 6. The Hall–Kier alpha value is -2.69. The van der Waals surface area contributed by atoms with Gasteiger partial charge in [0.1, 0.15) is 16.8 Å². The number of hydrogen-bond acceptors (Lipinski definition) is 4. The summed E-state index contributed by atoms with van der Waals surface area (Å²) in [7, 11) is 0. The van der Waals surface area contributed by atoms with E-state index in [4.69, 9.17) is 28.0 Å². The van der Waals surface area contributed by atoms with Gasteiger partial charge in [-0.3, -0.25) is 4.79 Å². The largest absolute Gasteiger partial charge is 0.484 e. The Morgan fingerprint density at radius 2 is 1.93 bits per heavy atom. The predicted molar refractivity (Wildman–Crippen MR) is 115 cm³/mol. The molecule has 0 heterocycles. The van der Waals surface area contributed by atoms with E-state index < -0.39 is 0 Å². The topological polar surface area (TPSA) is 88.1 Å². The van der Waals surface area contributed by atoms with Gasteiger partial charge in [-0.1, -0.05) is 24.4 Å². The van der Waals surface area contributed by atoms with Crippen LogP contribution in [0.25, 0.3) is 6.08 Å². The summed E-state index contributed by atoms with van der Waals surface area (Å²) in [5.74, 6) is 0.276. The van der Waals surface area contributed by atoms with Crippen LogP contribution in [-0.4, -0.2) is 17.5 Å². The number of thiocarbonyl (C=S) groups is 1. The van der Waals surface area contributed by atoms with Crippen molar-refractivity contribution in [3.8, 4) is 11.8 Å². The minimum absolute atomic E-state index is 0.0481. The van der Waals surface area contributed by atoms with Crippen LogP contribution in [0.3, 0.4) is 0 Å². The Bertz CT molecular complexity index is 947. The van der Waals surface area contributed by atoms with Crippen molar-refractivity contribution in [1.82, 2.24) is 0 Å². The summed E-state index contributed by atoms with van der Waals surface area (Å²) in [5, 5.41) is 11.8. The number of benzene rings is 2. The first-order valence-corrected chi connectivity index (χ1v) is 9.21. The van der Waals surface area contributed by atoms with Gasteiger partial charge in [-0.2, -0.15) is 5.26 Å². The molecule has 0 bridgehead atoms. The zero-order valence-corrected chi connectivity index (χ0v) is 17.3. The number of carbonyl (C=O) groups excluding carboxylic acids is 1. The molecule has 138 valence electrons. The molecule has 27 heavy (non-hydrogen) atoms. The summed E-state index contributed by atoms with van der Waals surface area (Å²) in [6, 6.07) is 12.7. The lowest BCUT2D eigenvalue weighted by Gasteiger charge is -2.11. The average Bonchev–Trinajstić information content (AvgIpc) is 2.63. The summed E-state index contributed by atoms with van der Waals surface area (Å²) in [6.07, 6.45) is 1.59. The van der Waals surface area contributed by atoms with Gasteiger partial charge in [0.25, 0.3) is 5.91 Å². The minimum atomic E-state index is -0.261. The molecule has 1 amide bonds. The number of nitriles is 1. The molecule has 0 aliphatic carbocycles. The molecule has 0 saturated heterocycles. The van der Waals surface area contributed by atoms with Crippen LogP contribution in [0.2, 0.25) is 0 Å². The lowest BCUT2D eigenvalue weighted by molar-refractivity contribution is -0.118. The first-order valence-electron chi connectivity index (χ1n) is 8.01. The van der Waals surface area contributed by atoms with E-state index in [9.17, 15) is 4.79 Å². The van der Waals surface area contributed by atoms with Gasteiger partial charge < -0.3 is 15.8 Å². The van der Waals surface area contributed by atoms with E-state index in [0.717, 1.165) is 21.2 Å². The summed E-state index contributed by atoms with van der Waals surface area (Å²) in [4.78, 5) is 12.2. The van der Waals surface area contributed by atoms with Crippen LogP contribution in [0.5, 0.6) is 5.75 Å². The Kier molecular flexibility index (Phi) is 7.11. The number of hydrogen-bond donors (Lipinski definition) is 2. The number of ether oxygens (including phenoxy) is 1. The fourth-order valence-corrected chi connectivity index (χ4v) is 2.86. The minimum Gasteiger partial charge on any atom is -0.484 e. The highest BCUT2D eigenvalue weighted by molar-refractivity contribution is 9.10. The monoisotopic (exact) mass is 443 g/mol. The van der Waals surface area contributed by atoms with E-state index >= 15 is 0 Å². The van der Waals surface area contributed by atoms with Gasteiger partial charge in [-0.25, -0.2) is 0 Å². The van der Waals surface area contributed by atoms with Gasteiger partial charge in [-0.15, -0.1) is 0 Å². The Balaban J connectivity index is 1.97. The molecule has 0 spiro atoms. The van der Waals surface area contributed by atoms with Crippen molar-refractivity contribution in [3.63, 3.8) is 0 Å². The number of amides is 1. The van der Waals surface area contributed by atoms with E-state index in [-0.39, 0.29) is 23.1 Å². The maximum atomic E-state index is 12.1. The molecule has 0 unspecified atom stereocenters. The van der Waals surface area contributed by atoms with Crippen LogP contribution in [0.4, 0.5) is 5.69 Å². The molecule has 3 N–H and O–H groups in total. The van der Waals surface area contributed by atoms with E-state index in [1.54, 1.807) is 30.3 Å². The van der Waals surface area contributed by atoms with Crippen molar-refractivity contribution < 1.29 is 9.53 Å². The standard InChI is InChI=1S/C20H18BrN3O2S/c1-12-7-17(21)18(8-13(12)2)24-19(25)11-26-16-5-3-14(4-6-16)9-15(10-22)20(23)27/h3-9H,11H2,1-2H3,(H2,23,27)(H,24,25)/b15-9+. The van der Waals surface area contributed by atoms with Crippen LogP contribution < -0.4 is 15.8 Å². The highest BCUT2D eigenvalue weighted by atomic mass is 79.9. The number of aryl methyl sites for hydroxylation is 2. The van der Waals surface area contributed by atoms with Gasteiger partial charge in [0.15, 0.2) is 6.61 Å². The number of carbonyl (C=O) groups is 1. The van der Waals surface area contributed by atoms with Gasteiger partial charge in [0.2, 0.25) is 0 Å². The van der Waals surface area contributed by atoms with E-state index in [2.05, 4.69) is 21.2 Å². The molecule has 0 aliphatic rings. The molecule has 0 fully saturated rings. The number of nitrogens with two attached hydrogens (primary N) is 1. The normalized spacial score (nSPS) is 10.8. The predicted octanol–water partition coefficient (Wildman–Crippen LogP) is 4.28. The number of nitrogens with zero attached hydrogens (tertiary/aromatic N) is 1. The van der Waals surface area contributed by atoms with Crippen molar-refractivity contribution in [1.29, 1.82) is 5.26 Å². The van der Waals surface area contributed by atoms with Crippen molar-refractivity contribution in [3.05, 3.63) is 63.1 Å². The van der Waals surface area contributed by atoms with Crippen LogP contribution in [0.15, 0.2) is 46.4 Å². The first kappa shape index (κ1) is 20.6. The second-order valence-corrected chi connectivity index (χ2v) is 7.15. The van der Waals surface area contributed by atoms with Crippen LogP contribution >= 0.6 is 28.1 Å². The summed E-state index contributed by atoms with van der Waals surface area (Å²) in [6.45, 7) is 3.87. The van der Waals surface area contributed by atoms with Crippen molar-refractivity contribution in [2.75, 3.05) is 11.9 Å². The molecule has 5 nitrogen and oxygen atoms in total. The second kappa shape index (κ2) is 9.31. The second-order valence-electron chi connectivity index (χ2n) is 5.86. The zero-order chi connectivity index (χ0) is 20.0. The van der Waals surface area contributed by atoms with Gasteiger partial charge in [-0.05, 0) is 76.8 Å². The van der Waals surface area contributed by atoms with Crippen LogP contribution in [-0.2, 0) is 4.79 Å². The van der Waals surface area contributed by atoms with Gasteiger partial charge in [0.05, 0.1) is 11.3 Å². The molecule has 7 heteroatoms. The van der Waals surface area contributed by atoms with Gasteiger partial charge >= 0.3 is 0 Å². The molecule has 0 aliphatic heterocycles. The summed E-state index contributed by atoms with van der Waals surface area (Å²) >= 11 is 8.25. The molecular formula is C20H18BrN3O2S. The number of halogens is 1. The molecule has 0 aromatic heterocycles. The van der Waals surface area contributed by atoms with Crippen molar-refractivity contribution in [2.45, 2.75) is 13.8 Å². The summed E-state index contributed by atoms with van der Waals surface area (Å²) in [5.41, 5.74) is 9.39. The Morgan fingerprint density at radius 1 is 1.30 bits per heavy atom. The molecule has 0 atom stereocenters. The highest BCUT2D eigenvalue weighted by Crippen LogP contribution is 2.26. The average molecular weight is 444 g/mol. The van der Waals surface area contributed by atoms with E-state index in [1.807, 2.05) is 32.0 Å². The lowest BCUT2D eigenvalue weighted by Crippen LogP contribution is -2.20.